The standard InChI is InChI=1S/C23H26N6O/c1-15-11-20(8-10-25-15)26-22-12-21(18-5-4-9-24-13-18)27-23(28-22)19-7-6-16(2)29(14-19)17(3)30/h4-5,8-13,16,19H,6-7,14H2,1-3H3,(H,25,26,27,28)/t16-,19?/m0/s1. The third kappa shape index (κ3) is 4.45. The molecule has 30 heavy (non-hydrogen) atoms. The highest BCUT2D eigenvalue weighted by molar-refractivity contribution is 5.73. The minimum absolute atomic E-state index is 0.0984. The van der Waals surface area contributed by atoms with Crippen LogP contribution in [0.3, 0.4) is 0 Å². The summed E-state index contributed by atoms with van der Waals surface area (Å²) in [5, 5.41) is 3.39. The van der Waals surface area contributed by atoms with Crippen molar-refractivity contribution in [2.24, 2.45) is 0 Å². The van der Waals surface area contributed by atoms with Crippen molar-refractivity contribution in [2.75, 3.05) is 11.9 Å². The van der Waals surface area contributed by atoms with Crippen LogP contribution in [0.1, 0.15) is 44.1 Å². The van der Waals surface area contributed by atoms with Gasteiger partial charge in [-0.1, -0.05) is 0 Å². The van der Waals surface area contributed by atoms with Crippen molar-refractivity contribution in [3.63, 3.8) is 0 Å². The predicted octanol–water partition coefficient (Wildman–Crippen LogP) is 4.10. The highest BCUT2D eigenvalue weighted by Crippen LogP contribution is 2.31. The van der Waals surface area contributed by atoms with Crippen molar-refractivity contribution in [3.8, 4) is 11.3 Å². The lowest BCUT2D eigenvalue weighted by molar-refractivity contribution is -0.132. The lowest BCUT2D eigenvalue weighted by Gasteiger charge is -2.37. The number of aryl methyl sites for hydroxylation is 1. The highest BCUT2D eigenvalue weighted by Gasteiger charge is 2.30. The van der Waals surface area contributed by atoms with Crippen LogP contribution in [0.2, 0.25) is 0 Å². The summed E-state index contributed by atoms with van der Waals surface area (Å²) >= 11 is 0. The quantitative estimate of drug-likeness (QED) is 0.707. The number of hydrogen-bond acceptors (Lipinski definition) is 6. The van der Waals surface area contributed by atoms with E-state index < -0.39 is 0 Å². The Kier molecular flexibility index (Phi) is 5.70. The van der Waals surface area contributed by atoms with Crippen LogP contribution in [0, 0.1) is 6.92 Å². The number of likely N-dealkylation sites (tertiary alicyclic amines) is 1. The molecule has 1 aliphatic heterocycles. The number of pyridine rings is 2. The molecule has 4 rings (SSSR count). The first-order valence-electron chi connectivity index (χ1n) is 10.3. The van der Waals surface area contributed by atoms with Crippen molar-refractivity contribution in [2.45, 2.75) is 45.6 Å². The molecular formula is C23H26N6O. The summed E-state index contributed by atoms with van der Waals surface area (Å²) in [4.78, 5) is 32.2. The summed E-state index contributed by atoms with van der Waals surface area (Å²) in [6, 6.07) is 9.96. The number of piperidine rings is 1. The summed E-state index contributed by atoms with van der Waals surface area (Å²) in [5.41, 5.74) is 3.60. The zero-order chi connectivity index (χ0) is 21.1. The second-order valence-corrected chi connectivity index (χ2v) is 7.84. The molecule has 1 saturated heterocycles. The van der Waals surface area contributed by atoms with Gasteiger partial charge in [-0.2, -0.15) is 0 Å². The molecule has 0 spiro atoms. The molecule has 0 radical (unpaired) electrons. The summed E-state index contributed by atoms with van der Waals surface area (Å²) in [6.07, 6.45) is 7.22. The fourth-order valence-electron chi connectivity index (χ4n) is 3.90. The van der Waals surface area contributed by atoms with Crippen LogP contribution in [-0.4, -0.2) is 43.3 Å². The van der Waals surface area contributed by atoms with Crippen LogP contribution in [0.5, 0.6) is 0 Å². The van der Waals surface area contributed by atoms with Crippen LogP contribution >= 0.6 is 0 Å². The van der Waals surface area contributed by atoms with Gasteiger partial charge in [-0.15, -0.1) is 0 Å². The second kappa shape index (κ2) is 8.57. The number of amides is 1. The Morgan fingerprint density at radius 1 is 1.17 bits per heavy atom. The van der Waals surface area contributed by atoms with Crippen molar-refractivity contribution in [1.29, 1.82) is 0 Å². The number of anilines is 2. The molecule has 7 nitrogen and oxygen atoms in total. The molecule has 3 aromatic heterocycles. The van der Waals surface area contributed by atoms with Crippen molar-refractivity contribution < 1.29 is 4.79 Å². The third-order valence-electron chi connectivity index (χ3n) is 5.52. The fourth-order valence-corrected chi connectivity index (χ4v) is 3.90. The number of carbonyl (C=O) groups is 1. The topological polar surface area (TPSA) is 83.9 Å². The lowest BCUT2D eigenvalue weighted by atomic mass is 9.92. The van der Waals surface area contributed by atoms with Crippen LogP contribution < -0.4 is 5.32 Å². The van der Waals surface area contributed by atoms with Crippen LogP contribution in [0.25, 0.3) is 11.3 Å². The van der Waals surface area contributed by atoms with E-state index in [1.807, 2.05) is 42.2 Å². The maximum absolute atomic E-state index is 12.1. The van der Waals surface area contributed by atoms with Gasteiger partial charge >= 0.3 is 0 Å². The van der Waals surface area contributed by atoms with Crippen molar-refractivity contribution in [3.05, 3.63) is 60.4 Å². The molecule has 0 bridgehead atoms. The van der Waals surface area contributed by atoms with Crippen molar-refractivity contribution in [1.82, 2.24) is 24.8 Å². The van der Waals surface area contributed by atoms with E-state index in [4.69, 9.17) is 9.97 Å². The minimum Gasteiger partial charge on any atom is -0.340 e. The predicted molar refractivity (Wildman–Crippen MR) is 116 cm³/mol. The Bertz CT molecular complexity index is 1040. The summed E-state index contributed by atoms with van der Waals surface area (Å²) in [6.45, 7) is 6.33. The van der Waals surface area contributed by atoms with Gasteiger partial charge in [0.2, 0.25) is 5.91 Å². The normalized spacial score (nSPS) is 18.8. The molecule has 7 heteroatoms. The monoisotopic (exact) mass is 402 g/mol. The molecule has 3 aromatic rings. The summed E-state index contributed by atoms with van der Waals surface area (Å²) < 4.78 is 0. The molecule has 4 heterocycles. The summed E-state index contributed by atoms with van der Waals surface area (Å²) in [5.74, 6) is 1.67. The Morgan fingerprint density at radius 2 is 2.03 bits per heavy atom. The second-order valence-electron chi connectivity index (χ2n) is 7.84. The maximum atomic E-state index is 12.1. The van der Waals surface area contributed by atoms with Crippen LogP contribution in [0.4, 0.5) is 11.5 Å². The minimum atomic E-state index is 0.0984. The van der Waals surface area contributed by atoms with Gasteiger partial charge in [0.25, 0.3) is 0 Å². The number of aromatic nitrogens is 4. The first-order chi connectivity index (χ1) is 14.5. The van der Waals surface area contributed by atoms with E-state index in [0.29, 0.717) is 6.54 Å². The first kappa shape index (κ1) is 19.9. The van der Waals surface area contributed by atoms with Crippen LogP contribution in [-0.2, 0) is 4.79 Å². The van der Waals surface area contributed by atoms with Gasteiger partial charge in [0, 0.05) is 67.0 Å². The average molecular weight is 403 g/mol. The average Bonchev–Trinajstić information content (AvgIpc) is 2.74. The Labute approximate surface area is 176 Å². The van der Waals surface area contributed by atoms with E-state index in [-0.39, 0.29) is 17.9 Å². The third-order valence-corrected chi connectivity index (χ3v) is 5.52. The number of nitrogens with one attached hydrogen (secondary N) is 1. The fraction of sp³-hybridized carbons (Fsp3) is 0.348. The number of nitrogens with zero attached hydrogens (tertiary/aromatic N) is 5. The molecule has 1 fully saturated rings. The molecule has 1 unspecified atom stereocenters. The molecule has 0 aromatic carbocycles. The lowest BCUT2D eigenvalue weighted by Crippen LogP contribution is -2.44. The largest absolute Gasteiger partial charge is 0.340 e. The maximum Gasteiger partial charge on any atom is 0.219 e. The molecule has 1 amide bonds. The van der Waals surface area contributed by atoms with Crippen LogP contribution in [0.15, 0.2) is 48.9 Å². The van der Waals surface area contributed by atoms with Gasteiger partial charge < -0.3 is 10.2 Å². The van der Waals surface area contributed by atoms with Gasteiger partial charge in [-0.05, 0) is 51.0 Å². The molecule has 1 N–H and O–H groups in total. The molecule has 0 saturated carbocycles. The SMILES string of the molecule is CC(=O)N1CC(c2nc(Nc3ccnc(C)c3)cc(-c3cccnc3)n2)CC[C@@H]1C. The molecule has 1 aliphatic rings. The van der Waals surface area contributed by atoms with E-state index in [1.54, 1.807) is 25.5 Å². The van der Waals surface area contributed by atoms with E-state index in [9.17, 15) is 4.79 Å². The van der Waals surface area contributed by atoms with Gasteiger partial charge in [0.15, 0.2) is 0 Å². The summed E-state index contributed by atoms with van der Waals surface area (Å²) in [7, 11) is 0. The van der Waals surface area contributed by atoms with E-state index in [1.165, 1.54) is 0 Å². The Balaban J connectivity index is 1.71. The van der Waals surface area contributed by atoms with Gasteiger partial charge in [0.1, 0.15) is 11.6 Å². The number of hydrogen-bond donors (Lipinski definition) is 1. The molecule has 0 aliphatic carbocycles. The molecular weight excluding hydrogens is 376 g/mol. The van der Waals surface area contributed by atoms with Gasteiger partial charge in [0.05, 0.1) is 5.69 Å². The number of rotatable bonds is 4. The Hall–Kier alpha value is -3.35. The van der Waals surface area contributed by atoms with E-state index >= 15 is 0 Å². The van der Waals surface area contributed by atoms with E-state index in [0.717, 1.165) is 47.1 Å². The smallest absolute Gasteiger partial charge is 0.219 e. The van der Waals surface area contributed by atoms with Gasteiger partial charge in [-0.25, -0.2) is 9.97 Å². The molecule has 154 valence electrons. The number of carbonyl (C=O) groups excluding carboxylic acids is 1. The zero-order valence-electron chi connectivity index (χ0n) is 17.5. The van der Waals surface area contributed by atoms with Gasteiger partial charge in [-0.3, -0.25) is 14.8 Å². The Morgan fingerprint density at radius 3 is 2.77 bits per heavy atom. The zero-order valence-corrected chi connectivity index (χ0v) is 17.5. The first-order valence-corrected chi connectivity index (χ1v) is 10.3. The highest BCUT2D eigenvalue weighted by atomic mass is 16.2. The van der Waals surface area contributed by atoms with Crippen molar-refractivity contribution >= 4 is 17.4 Å². The molecule has 2 atom stereocenters. The van der Waals surface area contributed by atoms with E-state index in [2.05, 4.69) is 22.2 Å².